The first kappa shape index (κ1) is 19.4. The van der Waals surface area contributed by atoms with E-state index < -0.39 is 17.2 Å². The number of alkyl halides is 2. The second-order valence-electron chi connectivity index (χ2n) is 5.65. The molecule has 0 bridgehead atoms. The van der Waals surface area contributed by atoms with Crippen LogP contribution in [0.1, 0.15) is 26.7 Å². The fraction of sp³-hybridized carbons (Fsp3) is 0.769. The van der Waals surface area contributed by atoms with E-state index in [1.54, 1.807) is 11.8 Å². The molecule has 0 aromatic heterocycles. The van der Waals surface area contributed by atoms with Gasteiger partial charge in [0, 0.05) is 11.9 Å². The van der Waals surface area contributed by atoms with Gasteiger partial charge in [-0.15, -0.1) is 0 Å². The lowest BCUT2D eigenvalue weighted by atomic mass is 10.0. The minimum absolute atomic E-state index is 0.0509. The van der Waals surface area contributed by atoms with E-state index in [4.69, 9.17) is 14.9 Å². The monoisotopic (exact) mass is 443 g/mol. The average molecular weight is 445 g/mol. The summed E-state index contributed by atoms with van der Waals surface area (Å²) in [7, 11) is 0. The number of morpholine rings is 1. The second kappa shape index (κ2) is 7.27. The number of carboxylic acids is 1. The number of carbonyl (C=O) groups is 3. The van der Waals surface area contributed by atoms with E-state index in [9.17, 15) is 14.4 Å². The highest BCUT2D eigenvalue weighted by Gasteiger charge is 2.51. The zero-order chi connectivity index (χ0) is 17.1. The number of hydrogen-bond donors (Lipinski definition) is 2. The number of carbonyl (C=O) groups excluding carboxylic acids is 2. The van der Waals surface area contributed by atoms with Crippen LogP contribution in [0.25, 0.3) is 0 Å². The zero-order valence-electron chi connectivity index (χ0n) is 12.3. The van der Waals surface area contributed by atoms with Crippen molar-refractivity contribution in [2.75, 3.05) is 17.2 Å². The molecule has 2 rings (SSSR count). The minimum Gasteiger partial charge on any atom is -0.479 e. The first-order chi connectivity index (χ1) is 10.1. The van der Waals surface area contributed by atoms with Crippen molar-refractivity contribution in [3.63, 3.8) is 0 Å². The third-order valence-electron chi connectivity index (χ3n) is 3.54. The van der Waals surface area contributed by atoms with Crippen LogP contribution in [0.2, 0.25) is 0 Å². The summed E-state index contributed by atoms with van der Waals surface area (Å²) in [5.74, 6) is -1.55. The van der Waals surface area contributed by atoms with Crippen molar-refractivity contribution in [2.24, 2.45) is 0 Å². The third-order valence-corrected chi connectivity index (χ3v) is 5.70. The average Bonchev–Trinajstić information content (AvgIpc) is 2.95. The molecule has 7 nitrogen and oxygen atoms in total. The topological polar surface area (TPSA) is 104 Å². The summed E-state index contributed by atoms with van der Waals surface area (Å²) < 4.78 is 5.17. The van der Waals surface area contributed by atoms with Crippen molar-refractivity contribution >= 4 is 49.7 Å². The number of esters is 1. The largest absolute Gasteiger partial charge is 0.479 e. The lowest BCUT2D eigenvalue weighted by Gasteiger charge is -2.39. The summed E-state index contributed by atoms with van der Waals surface area (Å²) in [6, 6.07) is -0.324. The molecule has 2 fully saturated rings. The van der Waals surface area contributed by atoms with Crippen molar-refractivity contribution in [1.29, 1.82) is 0 Å². The maximum absolute atomic E-state index is 11.9. The van der Waals surface area contributed by atoms with E-state index >= 15 is 0 Å². The van der Waals surface area contributed by atoms with Gasteiger partial charge in [0.15, 0.2) is 11.2 Å². The SMILES string of the molecule is C[C@@]1(CBr)OC(=O)[C@H]2CCCN2C1=O.C[C@](O)(CBr)C(=O)O. The van der Waals surface area contributed by atoms with Gasteiger partial charge >= 0.3 is 11.9 Å². The molecule has 0 aromatic rings. The van der Waals surface area contributed by atoms with Gasteiger partial charge in [0.2, 0.25) is 0 Å². The lowest BCUT2D eigenvalue weighted by molar-refractivity contribution is -0.185. The predicted octanol–water partition coefficient (Wildman–Crippen LogP) is 0.905. The lowest BCUT2D eigenvalue weighted by Crippen LogP contribution is -2.60. The Morgan fingerprint density at radius 2 is 2.09 bits per heavy atom. The van der Waals surface area contributed by atoms with Gasteiger partial charge in [-0.3, -0.25) is 4.79 Å². The van der Waals surface area contributed by atoms with Gasteiger partial charge in [0.25, 0.3) is 5.91 Å². The molecule has 0 saturated carbocycles. The summed E-state index contributed by atoms with van der Waals surface area (Å²) in [6.45, 7) is 3.56. The molecule has 0 unspecified atom stereocenters. The Kier molecular flexibility index (Phi) is 6.40. The van der Waals surface area contributed by atoms with Crippen LogP contribution in [0.15, 0.2) is 0 Å². The van der Waals surface area contributed by atoms with Gasteiger partial charge in [-0.2, -0.15) is 0 Å². The van der Waals surface area contributed by atoms with Crippen molar-refractivity contribution in [3.05, 3.63) is 0 Å². The van der Waals surface area contributed by atoms with Gasteiger partial charge in [-0.1, -0.05) is 31.9 Å². The van der Waals surface area contributed by atoms with Crippen LogP contribution >= 0.6 is 31.9 Å². The Morgan fingerprint density at radius 3 is 2.50 bits per heavy atom. The number of nitrogens with zero attached hydrogens (tertiary/aromatic N) is 1. The first-order valence-corrected chi connectivity index (χ1v) is 8.95. The quantitative estimate of drug-likeness (QED) is 0.495. The molecule has 2 N–H and O–H groups in total. The number of hydrogen-bond acceptors (Lipinski definition) is 5. The van der Waals surface area contributed by atoms with E-state index in [0.717, 1.165) is 12.8 Å². The Hall–Kier alpha value is -0.670. The number of rotatable bonds is 3. The van der Waals surface area contributed by atoms with Gasteiger partial charge < -0.3 is 19.8 Å². The second-order valence-corrected chi connectivity index (χ2v) is 6.78. The minimum atomic E-state index is -1.62. The van der Waals surface area contributed by atoms with Gasteiger partial charge in [-0.25, -0.2) is 9.59 Å². The molecule has 126 valence electrons. The van der Waals surface area contributed by atoms with E-state index in [1.165, 1.54) is 6.92 Å². The number of aliphatic carboxylic acids is 1. The Balaban J connectivity index is 0.000000261. The summed E-state index contributed by atoms with van der Waals surface area (Å²) in [4.78, 5) is 35.1. The van der Waals surface area contributed by atoms with Crippen molar-refractivity contribution in [2.45, 2.75) is 43.9 Å². The predicted molar refractivity (Wildman–Crippen MR) is 85.1 cm³/mol. The Bertz CT molecular complexity index is 469. The molecular weight excluding hydrogens is 426 g/mol. The summed E-state index contributed by atoms with van der Waals surface area (Å²) >= 11 is 6.05. The van der Waals surface area contributed by atoms with E-state index in [1.807, 2.05) is 0 Å². The molecule has 0 aliphatic carbocycles. The fourth-order valence-corrected chi connectivity index (χ4v) is 2.63. The van der Waals surface area contributed by atoms with Crippen LogP contribution in [-0.4, -0.2) is 67.4 Å². The standard InChI is InChI=1S/C9H12BrNO3.C4H7BrO3/c1-9(5-10)8(13)11-4-2-3-6(11)7(12)14-9;1-4(8,2-5)3(6)7/h6H,2-5H2,1H3;8H,2H2,1H3,(H,6,7)/t6-,9+;4-/m10/s1. The summed E-state index contributed by atoms with van der Waals surface area (Å²) in [5.41, 5.74) is -2.63. The fourth-order valence-electron chi connectivity index (χ4n) is 2.03. The van der Waals surface area contributed by atoms with Crippen LogP contribution in [0.5, 0.6) is 0 Å². The number of carboxylic acid groups (broad SMARTS) is 1. The molecule has 9 heteroatoms. The number of cyclic esters (lactones) is 1. The molecule has 2 aliphatic heterocycles. The Morgan fingerprint density at radius 1 is 1.50 bits per heavy atom. The molecule has 2 heterocycles. The smallest absolute Gasteiger partial charge is 0.336 e. The molecule has 22 heavy (non-hydrogen) atoms. The Labute approximate surface area is 145 Å². The van der Waals surface area contributed by atoms with Crippen molar-refractivity contribution in [3.8, 4) is 0 Å². The van der Waals surface area contributed by atoms with Crippen LogP contribution in [-0.2, 0) is 19.1 Å². The highest BCUT2D eigenvalue weighted by atomic mass is 79.9. The first-order valence-electron chi connectivity index (χ1n) is 6.70. The maximum Gasteiger partial charge on any atom is 0.336 e. The number of ether oxygens (including phenoxy) is 1. The van der Waals surface area contributed by atoms with Crippen molar-refractivity contribution in [1.82, 2.24) is 4.90 Å². The molecule has 0 radical (unpaired) electrons. The van der Waals surface area contributed by atoms with E-state index in [-0.39, 0.29) is 23.2 Å². The highest BCUT2D eigenvalue weighted by molar-refractivity contribution is 9.09. The van der Waals surface area contributed by atoms with Crippen molar-refractivity contribution < 1.29 is 29.3 Å². The zero-order valence-corrected chi connectivity index (χ0v) is 15.5. The molecule has 2 saturated heterocycles. The molecular formula is C13H19Br2NO6. The molecule has 2 aliphatic rings. The molecule has 0 aromatic carbocycles. The molecule has 0 spiro atoms. The van der Waals surface area contributed by atoms with Crippen LogP contribution in [0.4, 0.5) is 0 Å². The van der Waals surface area contributed by atoms with Gasteiger partial charge in [0.1, 0.15) is 6.04 Å². The van der Waals surface area contributed by atoms with Crippen LogP contribution in [0.3, 0.4) is 0 Å². The van der Waals surface area contributed by atoms with Gasteiger partial charge in [-0.05, 0) is 26.7 Å². The van der Waals surface area contributed by atoms with Crippen LogP contribution in [0, 0.1) is 0 Å². The normalized spacial score (nSPS) is 29.9. The van der Waals surface area contributed by atoms with E-state index in [2.05, 4.69) is 31.9 Å². The number of aliphatic hydroxyl groups is 1. The number of halogens is 2. The van der Waals surface area contributed by atoms with Crippen LogP contribution < -0.4 is 0 Å². The van der Waals surface area contributed by atoms with Gasteiger partial charge in [0.05, 0.1) is 5.33 Å². The maximum atomic E-state index is 11.9. The van der Waals surface area contributed by atoms with E-state index in [0.29, 0.717) is 11.9 Å². The molecule has 3 atom stereocenters. The summed E-state index contributed by atoms with van der Waals surface area (Å²) in [6.07, 6.45) is 1.63. The number of fused-ring (bicyclic) bond motifs is 1. The summed E-state index contributed by atoms with van der Waals surface area (Å²) in [5, 5.41) is 17.3. The highest BCUT2D eigenvalue weighted by Crippen LogP contribution is 2.31. The molecule has 1 amide bonds. The number of amides is 1. The third kappa shape index (κ3) is 3.99.